The fourth-order valence-corrected chi connectivity index (χ4v) is 4.30. The van der Waals surface area contributed by atoms with Gasteiger partial charge in [0, 0.05) is 24.4 Å². The normalized spacial score (nSPS) is 30.1. The van der Waals surface area contributed by atoms with Gasteiger partial charge in [-0.25, -0.2) is 0 Å². The summed E-state index contributed by atoms with van der Waals surface area (Å²) >= 11 is 5.79. The van der Waals surface area contributed by atoms with Crippen LogP contribution in [-0.2, 0) is 4.79 Å². The third-order valence-corrected chi connectivity index (χ3v) is 5.60. The van der Waals surface area contributed by atoms with Crippen molar-refractivity contribution in [3.8, 4) is 0 Å². The molecule has 2 nitrogen and oxygen atoms in total. The van der Waals surface area contributed by atoms with Crippen molar-refractivity contribution in [2.75, 3.05) is 12.4 Å². The molecule has 0 aromatic rings. The van der Waals surface area contributed by atoms with E-state index in [1.54, 1.807) is 0 Å². The number of fused-ring (bicyclic) bond motifs is 1. The van der Waals surface area contributed by atoms with Crippen LogP contribution in [0.15, 0.2) is 0 Å². The second kappa shape index (κ2) is 7.68. The Bertz CT molecular complexity index is 318. The summed E-state index contributed by atoms with van der Waals surface area (Å²) in [5.74, 6) is 3.07. The zero-order chi connectivity index (χ0) is 14.5. The van der Waals surface area contributed by atoms with Gasteiger partial charge in [0.1, 0.15) is 0 Å². The van der Waals surface area contributed by atoms with Gasteiger partial charge in [0.25, 0.3) is 0 Å². The molecule has 3 unspecified atom stereocenters. The number of carbonyl (C=O) groups excluding carboxylic acids is 1. The number of carbonyl (C=O) groups is 1. The molecule has 0 aromatic heterocycles. The number of alkyl halides is 1. The van der Waals surface area contributed by atoms with Gasteiger partial charge in [-0.3, -0.25) is 4.79 Å². The molecule has 2 rings (SSSR count). The number of halogens is 1. The smallest absolute Gasteiger partial charge is 0.225 e. The SMILES string of the molecule is CC(C)N(CCCCl)C(=O)C1CCC2CCCCC2C1. The average molecular weight is 300 g/mol. The Hall–Kier alpha value is -0.240. The molecular formula is C17H30ClNO. The molecule has 0 radical (unpaired) electrons. The number of hydrogen-bond donors (Lipinski definition) is 0. The summed E-state index contributed by atoms with van der Waals surface area (Å²) in [6, 6.07) is 0.301. The Morgan fingerprint density at radius 1 is 1.15 bits per heavy atom. The highest BCUT2D eigenvalue weighted by molar-refractivity contribution is 6.17. The zero-order valence-corrected chi connectivity index (χ0v) is 13.9. The summed E-state index contributed by atoms with van der Waals surface area (Å²) in [6.45, 7) is 5.07. The third kappa shape index (κ3) is 3.90. The van der Waals surface area contributed by atoms with Crippen molar-refractivity contribution in [3.05, 3.63) is 0 Å². The van der Waals surface area contributed by atoms with E-state index >= 15 is 0 Å². The minimum atomic E-state index is 0.284. The van der Waals surface area contributed by atoms with Crippen molar-refractivity contribution in [2.45, 2.75) is 71.3 Å². The monoisotopic (exact) mass is 299 g/mol. The van der Waals surface area contributed by atoms with Crippen LogP contribution in [0.1, 0.15) is 65.2 Å². The van der Waals surface area contributed by atoms with Crippen LogP contribution in [0.4, 0.5) is 0 Å². The Balaban J connectivity index is 1.93. The molecule has 3 heteroatoms. The maximum atomic E-state index is 12.8. The van der Waals surface area contributed by atoms with Crippen molar-refractivity contribution in [3.63, 3.8) is 0 Å². The van der Waals surface area contributed by atoms with E-state index < -0.39 is 0 Å². The quantitative estimate of drug-likeness (QED) is 0.686. The largest absolute Gasteiger partial charge is 0.340 e. The first-order valence-electron chi connectivity index (χ1n) is 8.50. The van der Waals surface area contributed by atoms with Gasteiger partial charge in [-0.15, -0.1) is 11.6 Å². The van der Waals surface area contributed by atoms with E-state index in [0.717, 1.165) is 37.6 Å². The summed E-state index contributed by atoms with van der Waals surface area (Å²) in [5, 5.41) is 0. The molecule has 0 spiro atoms. The van der Waals surface area contributed by atoms with Crippen LogP contribution in [-0.4, -0.2) is 29.3 Å². The summed E-state index contributed by atoms with van der Waals surface area (Å²) in [5.41, 5.74) is 0. The minimum absolute atomic E-state index is 0.284. The minimum Gasteiger partial charge on any atom is -0.340 e. The van der Waals surface area contributed by atoms with E-state index in [0.29, 0.717) is 17.8 Å². The van der Waals surface area contributed by atoms with Crippen LogP contribution >= 0.6 is 11.6 Å². The molecule has 2 aliphatic rings. The van der Waals surface area contributed by atoms with Crippen LogP contribution in [0.5, 0.6) is 0 Å². The van der Waals surface area contributed by atoms with E-state index in [1.807, 2.05) is 0 Å². The lowest BCUT2D eigenvalue weighted by molar-refractivity contribution is -0.139. The van der Waals surface area contributed by atoms with Crippen LogP contribution in [0, 0.1) is 17.8 Å². The Labute approximate surface area is 129 Å². The van der Waals surface area contributed by atoms with Crippen molar-refractivity contribution >= 4 is 17.5 Å². The Morgan fingerprint density at radius 2 is 1.85 bits per heavy atom. The van der Waals surface area contributed by atoms with E-state index in [-0.39, 0.29) is 5.92 Å². The van der Waals surface area contributed by atoms with Crippen LogP contribution in [0.3, 0.4) is 0 Å². The van der Waals surface area contributed by atoms with Gasteiger partial charge in [0.2, 0.25) is 5.91 Å². The highest BCUT2D eigenvalue weighted by Crippen LogP contribution is 2.43. The van der Waals surface area contributed by atoms with Crippen LogP contribution in [0.25, 0.3) is 0 Å². The predicted molar refractivity (Wildman–Crippen MR) is 85.0 cm³/mol. The first kappa shape index (κ1) is 16.1. The molecule has 1 amide bonds. The van der Waals surface area contributed by atoms with Gasteiger partial charge in [0.15, 0.2) is 0 Å². The molecule has 2 fully saturated rings. The molecule has 116 valence electrons. The van der Waals surface area contributed by atoms with E-state index in [9.17, 15) is 4.79 Å². The standard InChI is InChI=1S/C17H30ClNO/c1-13(2)19(11-5-10-18)17(20)16-9-8-14-6-3-4-7-15(14)12-16/h13-16H,3-12H2,1-2H3. The van der Waals surface area contributed by atoms with Gasteiger partial charge in [-0.1, -0.05) is 25.7 Å². The molecular weight excluding hydrogens is 270 g/mol. The van der Waals surface area contributed by atoms with Crippen molar-refractivity contribution in [1.82, 2.24) is 4.90 Å². The Kier molecular flexibility index (Phi) is 6.20. The predicted octanol–water partition coefficient (Wildman–Crippen LogP) is 4.46. The first-order valence-corrected chi connectivity index (χ1v) is 9.03. The van der Waals surface area contributed by atoms with Crippen LogP contribution in [0.2, 0.25) is 0 Å². The highest BCUT2D eigenvalue weighted by Gasteiger charge is 2.36. The highest BCUT2D eigenvalue weighted by atomic mass is 35.5. The number of amides is 1. The fraction of sp³-hybridized carbons (Fsp3) is 0.941. The molecule has 0 aromatic carbocycles. The molecule has 3 atom stereocenters. The van der Waals surface area contributed by atoms with Gasteiger partial charge in [0.05, 0.1) is 0 Å². The molecule has 0 N–H and O–H groups in total. The maximum absolute atomic E-state index is 12.8. The Morgan fingerprint density at radius 3 is 2.50 bits per heavy atom. The zero-order valence-electron chi connectivity index (χ0n) is 13.1. The first-order chi connectivity index (χ1) is 9.63. The number of hydrogen-bond acceptors (Lipinski definition) is 1. The van der Waals surface area contributed by atoms with Gasteiger partial charge in [-0.05, 0) is 51.4 Å². The molecule has 2 aliphatic carbocycles. The second-order valence-corrected chi connectivity index (χ2v) is 7.36. The third-order valence-electron chi connectivity index (χ3n) is 5.33. The lowest BCUT2D eigenvalue weighted by Gasteiger charge is -2.40. The van der Waals surface area contributed by atoms with Gasteiger partial charge < -0.3 is 4.90 Å². The number of nitrogens with zero attached hydrogens (tertiary/aromatic N) is 1. The van der Waals surface area contributed by atoms with Crippen molar-refractivity contribution in [2.24, 2.45) is 17.8 Å². The molecule has 20 heavy (non-hydrogen) atoms. The fourth-order valence-electron chi connectivity index (χ4n) is 4.19. The summed E-state index contributed by atoms with van der Waals surface area (Å²) in [4.78, 5) is 14.9. The molecule has 0 heterocycles. The van der Waals surface area contributed by atoms with E-state index in [4.69, 9.17) is 11.6 Å². The number of rotatable bonds is 5. The molecule has 0 bridgehead atoms. The summed E-state index contributed by atoms with van der Waals surface area (Å²) < 4.78 is 0. The van der Waals surface area contributed by atoms with Crippen molar-refractivity contribution < 1.29 is 4.79 Å². The van der Waals surface area contributed by atoms with Gasteiger partial charge in [-0.2, -0.15) is 0 Å². The average Bonchev–Trinajstić information content (AvgIpc) is 2.46. The lowest BCUT2D eigenvalue weighted by atomic mass is 9.67. The molecule has 2 saturated carbocycles. The van der Waals surface area contributed by atoms with E-state index in [1.165, 1.54) is 32.1 Å². The van der Waals surface area contributed by atoms with Crippen LogP contribution < -0.4 is 0 Å². The second-order valence-electron chi connectivity index (χ2n) is 6.98. The van der Waals surface area contributed by atoms with E-state index in [2.05, 4.69) is 18.7 Å². The topological polar surface area (TPSA) is 20.3 Å². The summed E-state index contributed by atoms with van der Waals surface area (Å²) in [6.07, 6.45) is 10.0. The van der Waals surface area contributed by atoms with Gasteiger partial charge >= 0.3 is 0 Å². The maximum Gasteiger partial charge on any atom is 0.225 e. The van der Waals surface area contributed by atoms with Crippen molar-refractivity contribution in [1.29, 1.82) is 0 Å². The molecule has 0 saturated heterocycles. The summed E-state index contributed by atoms with van der Waals surface area (Å²) in [7, 11) is 0. The lowest BCUT2D eigenvalue weighted by Crippen LogP contribution is -2.44. The molecule has 0 aliphatic heterocycles.